The van der Waals surface area contributed by atoms with Crippen LogP contribution in [0.3, 0.4) is 0 Å². The summed E-state index contributed by atoms with van der Waals surface area (Å²) in [6, 6.07) is 36.0. The summed E-state index contributed by atoms with van der Waals surface area (Å²) >= 11 is 0. The van der Waals surface area contributed by atoms with Crippen molar-refractivity contribution >= 4 is 34.5 Å². The van der Waals surface area contributed by atoms with Gasteiger partial charge in [0.2, 0.25) is 0 Å². The van der Waals surface area contributed by atoms with Crippen LogP contribution in [0.1, 0.15) is 97.4 Å². The molecule has 0 bridgehead atoms. The molecule has 0 saturated heterocycles. The predicted molar refractivity (Wildman–Crippen MR) is 309 cm³/mol. The largest absolute Gasteiger partial charge is 0.493 e. The maximum atomic E-state index is 14.2. The fraction of sp³-hybridized carbons (Fsp3) is 0.200. The van der Waals surface area contributed by atoms with Gasteiger partial charge in [-0.05, 0) is 134 Å². The van der Waals surface area contributed by atoms with Crippen LogP contribution in [-0.4, -0.2) is 62.8 Å². The van der Waals surface area contributed by atoms with Crippen molar-refractivity contribution in [1.29, 1.82) is 0 Å². The molecule has 0 aliphatic heterocycles. The van der Waals surface area contributed by atoms with Gasteiger partial charge in [0.25, 0.3) is 11.8 Å². The highest BCUT2D eigenvalue weighted by atomic mass is 19.1. The summed E-state index contributed by atoms with van der Waals surface area (Å²) in [4.78, 5) is 41.7. The molecule has 1 fully saturated rings. The molecule has 1 aliphatic rings. The fourth-order valence-electron chi connectivity index (χ4n) is 9.58. The number of rotatable bonds is 19. The van der Waals surface area contributed by atoms with Crippen molar-refractivity contribution in [2.24, 2.45) is 5.92 Å². The first-order chi connectivity index (χ1) is 41.9. The monoisotopic (exact) mass is 1170 g/mol. The second kappa shape index (κ2) is 28.3. The van der Waals surface area contributed by atoms with Gasteiger partial charge in [-0.25, -0.2) is 26.9 Å². The number of amides is 2. The first-order valence-corrected chi connectivity index (χ1v) is 27.7. The molecule has 11 aromatic rings. The van der Waals surface area contributed by atoms with E-state index in [1.165, 1.54) is 93.3 Å². The number of hydrogen-bond donors (Lipinski definition) is 2. The van der Waals surface area contributed by atoms with Crippen LogP contribution in [0.25, 0.3) is 16.9 Å². The van der Waals surface area contributed by atoms with E-state index in [1.54, 1.807) is 131 Å². The summed E-state index contributed by atoms with van der Waals surface area (Å²) in [5.41, 5.74) is 4.66. The van der Waals surface area contributed by atoms with Crippen LogP contribution in [0, 0.1) is 35.0 Å². The second-order valence-corrected chi connectivity index (χ2v) is 20.2. The lowest BCUT2D eigenvalue weighted by molar-refractivity contribution is 0.0943. The number of pyridine rings is 3. The zero-order valence-electron chi connectivity index (χ0n) is 46.3. The van der Waals surface area contributed by atoms with E-state index in [2.05, 4.69) is 36.0 Å². The Morgan fingerprint density at radius 2 is 1.00 bits per heavy atom. The van der Waals surface area contributed by atoms with Gasteiger partial charge in [0.15, 0.2) is 17.1 Å². The van der Waals surface area contributed by atoms with Gasteiger partial charge < -0.3 is 29.2 Å². The smallest absolute Gasteiger partial charge is 0.255 e. The minimum atomic E-state index is -0.482. The molecule has 6 aromatic heterocycles. The molecule has 0 radical (unpaired) electrons. The van der Waals surface area contributed by atoms with Crippen LogP contribution in [0.5, 0.6) is 17.2 Å². The fourth-order valence-corrected chi connectivity index (χ4v) is 9.58. The summed E-state index contributed by atoms with van der Waals surface area (Å²) < 4.78 is 92.1. The number of halogens is 5. The molecule has 438 valence electrons. The normalized spacial score (nSPS) is 12.2. The summed E-state index contributed by atoms with van der Waals surface area (Å²) in [6.07, 6.45) is 18.3. The van der Waals surface area contributed by atoms with Crippen molar-refractivity contribution in [2.45, 2.75) is 71.2 Å². The lowest BCUT2D eigenvalue weighted by Crippen LogP contribution is -2.24. The van der Waals surface area contributed by atoms with Gasteiger partial charge in [0, 0.05) is 78.3 Å². The van der Waals surface area contributed by atoms with Crippen LogP contribution >= 0.6 is 0 Å². The summed E-state index contributed by atoms with van der Waals surface area (Å²) in [5.74, 6) is -0.787. The molecule has 2 N–H and O–H groups in total. The highest BCUT2D eigenvalue weighted by Gasteiger charge is 2.18. The minimum Gasteiger partial charge on any atom is -0.493 e. The zero-order valence-corrected chi connectivity index (χ0v) is 46.3. The first kappa shape index (κ1) is 58.9. The molecule has 12 rings (SSSR count). The molecule has 0 unspecified atom stereocenters. The highest BCUT2D eigenvalue weighted by Crippen LogP contribution is 2.27. The third kappa shape index (κ3) is 15.3. The van der Waals surface area contributed by atoms with Crippen LogP contribution in [-0.2, 0) is 32.7 Å². The number of benzene rings is 5. The van der Waals surface area contributed by atoms with E-state index >= 15 is 0 Å². The molecule has 21 heteroatoms. The van der Waals surface area contributed by atoms with Crippen LogP contribution < -0.4 is 24.8 Å². The third-order valence-corrected chi connectivity index (χ3v) is 14.3. The number of ether oxygens (including phenoxy) is 3. The molecule has 1 aliphatic carbocycles. The quantitative estimate of drug-likeness (QED) is 0.0581. The zero-order chi connectivity index (χ0) is 59.8. The predicted octanol–water partition coefficient (Wildman–Crippen LogP) is 12.3. The molecule has 86 heavy (non-hydrogen) atoms. The number of carbonyl (C=O) groups excluding carboxylic acids is 3. The lowest BCUT2D eigenvalue weighted by atomic mass is 9.90. The van der Waals surface area contributed by atoms with Gasteiger partial charge >= 0.3 is 0 Å². The number of nitrogens with zero attached hydrogens (tertiary/aromatic N) is 8. The van der Waals surface area contributed by atoms with Crippen LogP contribution in [0.4, 0.5) is 22.0 Å². The summed E-state index contributed by atoms with van der Waals surface area (Å²) in [6.45, 7) is 0.740. The molecular formula is C65H57F5N10O6. The van der Waals surface area contributed by atoms with Gasteiger partial charge in [0.05, 0.1) is 17.7 Å². The number of imidazole rings is 1. The molecule has 6 heterocycles. The van der Waals surface area contributed by atoms with Crippen molar-refractivity contribution in [3.63, 3.8) is 0 Å². The molecule has 0 atom stereocenters. The Morgan fingerprint density at radius 1 is 0.500 bits per heavy atom. The van der Waals surface area contributed by atoms with E-state index in [4.69, 9.17) is 14.2 Å². The Balaban J connectivity index is 0.000000143. The number of aromatic nitrogens is 8. The van der Waals surface area contributed by atoms with E-state index in [9.17, 15) is 36.3 Å². The van der Waals surface area contributed by atoms with E-state index in [1.807, 2.05) is 4.40 Å². The summed E-state index contributed by atoms with van der Waals surface area (Å²) in [5, 5.41) is 20.9. The molecular weight excluding hydrogens is 1110 g/mol. The molecule has 5 aromatic carbocycles. The van der Waals surface area contributed by atoms with E-state index in [0.717, 1.165) is 0 Å². The van der Waals surface area contributed by atoms with Crippen molar-refractivity contribution in [3.8, 4) is 17.2 Å². The molecule has 16 nitrogen and oxygen atoms in total. The van der Waals surface area contributed by atoms with Gasteiger partial charge in [-0.2, -0.15) is 0 Å². The van der Waals surface area contributed by atoms with Gasteiger partial charge in [-0.1, -0.05) is 55.7 Å². The number of Topliss-reactive ketones (excluding diaryl/α,β-unsaturated/α-hetero) is 1. The van der Waals surface area contributed by atoms with E-state index in [0.29, 0.717) is 85.7 Å². The number of fused-ring (bicyclic) bond motifs is 3. The highest BCUT2D eigenvalue weighted by molar-refractivity contribution is 6.00. The second-order valence-electron chi connectivity index (χ2n) is 20.2. The third-order valence-electron chi connectivity index (χ3n) is 14.3. The Hall–Kier alpha value is -10.3. The maximum absolute atomic E-state index is 14.2. The SMILES string of the molecule is O=C(CCc1cc(OCc2ccccc2F)ccc1F)c1ccn2ccnc2c1.O=C(NCc1cc(OCC2CCCCC2)ccc1F)c1cccn2cnnc12.O=C(NCc1cc(OCc2ccccc2F)ccc1F)c1cccn2cnnc12. The van der Waals surface area contributed by atoms with E-state index in [-0.39, 0.29) is 73.9 Å². The Morgan fingerprint density at radius 3 is 1.55 bits per heavy atom. The number of carbonyl (C=O) groups is 3. The molecule has 0 spiro atoms. The first-order valence-electron chi connectivity index (χ1n) is 27.7. The standard InChI is InChI=1S/C23H18F2N2O2.C21H16F2N4O2.C21H23FN4O2/c24-20-4-2-1-3-18(20)15-29-19-6-7-21(25)16(13-19)5-8-22(28)17-9-11-27-12-10-26-23(27)14-17;22-18-6-2-1-4-14(18)12-29-16-7-8-19(23)15(10-16)11-24-21(28)17-5-3-9-27-13-25-26-20(17)27;22-19-9-8-17(28-13-15-5-2-1-3-6-15)11-16(19)12-23-21(27)18-7-4-10-26-14-24-25-20(18)26/h1-4,6-7,9-14H,5,8,15H2;1-10,13H,11-12H2,(H,24,28);4,7-11,14-15H,1-3,5-6,12-13H2,(H,23,27). The average Bonchev–Trinajstić information content (AvgIpc) is 4.00. The van der Waals surface area contributed by atoms with Crippen molar-refractivity contribution in [3.05, 3.63) is 257 Å². The van der Waals surface area contributed by atoms with Crippen molar-refractivity contribution in [1.82, 2.24) is 49.2 Å². The molecule has 2 amide bonds. The maximum Gasteiger partial charge on any atom is 0.255 e. The van der Waals surface area contributed by atoms with Gasteiger partial charge in [-0.3, -0.25) is 23.2 Å². The topological polar surface area (TPSA) is 181 Å². The van der Waals surface area contributed by atoms with Gasteiger partial charge in [0.1, 0.15) is 77.9 Å². The molecule has 1 saturated carbocycles. The lowest BCUT2D eigenvalue weighted by Gasteiger charge is -2.21. The number of ketones is 1. The van der Waals surface area contributed by atoms with Crippen LogP contribution in [0.15, 0.2) is 183 Å². The minimum absolute atomic E-state index is 0.0129. The Labute approximate surface area is 490 Å². The Kier molecular flexibility index (Phi) is 19.4. The average molecular weight is 1170 g/mol. The van der Waals surface area contributed by atoms with E-state index < -0.39 is 17.5 Å². The van der Waals surface area contributed by atoms with Crippen LogP contribution in [0.2, 0.25) is 0 Å². The number of hydrogen-bond acceptors (Lipinski definition) is 11. The summed E-state index contributed by atoms with van der Waals surface area (Å²) in [7, 11) is 0. The Bertz CT molecular complexity index is 4150. The van der Waals surface area contributed by atoms with Gasteiger partial charge in [-0.15, -0.1) is 20.4 Å². The number of nitrogens with one attached hydrogen (secondary N) is 2. The van der Waals surface area contributed by atoms with Crippen molar-refractivity contribution in [2.75, 3.05) is 6.61 Å². The van der Waals surface area contributed by atoms with Crippen molar-refractivity contribution < 1.29 is 50.5 Å². The number of aryl methyl sites for hydroxylation is 1.